The predicted molar refractivity (Wildman–Crippen MR) is 65.2 cm³/mol. The van der Waals surface area contributed by atoms with E-state index in [-0.39, 0.29) is 0 Å². The lowest BCUT2D eigenvalue weighted by Crippen LogP contribution is -2.36. The molecule has 0 bridgehead atoms. The van der Waals surface area contributed by atoms with Gasteiger partial charge in [0.25, 0.3) is 0 Å². The zero-order valence-corrected chi connectivity index (χ0v) is 10.3. The highest BCUT2D eigenvalue weighted by Crippen LogP contribution is 2.27. The van der Waals surface area contributed by atoms with E-state index < -0.39 is 0 Å². The molecule has 1 aliphatic rings. The van der Waals surface area contributed by atoms with Gasteiger partial charge in [-0.1, -0.05) is 6.92 Å². The Morgan fingerprint density at radius 1 is 1.60 bits per heavy atom. The largest absolute Gasteiger partial charge is 0.313 e. The Hall–Kier alpha value is -0.480. The Labute approximate surface area is 95.6 Å². The van der Waals surface area contributed by atoms with Crippen LogP contribution in [0.25, 0.3) is 0 Å². The molecular weight excluding hydrogens is 206 g/mol. The van der Waals surface area contributed by atoms with Gasteiger partial charge >= 0.3 is 0 Å². The normalized spacial score (nSPS) is 26.0. The first kappa shape index (κ1) is 11.0. The Balaban J connectivity index is 1.93. The molecule has 0 saturated carbocycles. The molecule has 2 atom stereocenters. The Morgan fingerprint density at radius 3 is 3.13 bits per heavy atom. The van der Waals surface area contributed by atoms with Crippen molar-refractivity contribution in [1.29, 1.82) is 0 Å². The molecule has 84 valence electrons. The van der Waals surface area contributed by atoms with Crippen LogP contribution in [-0.2, 0) is 13.5 Å². The van der Waals surface area contributed by atoms with Gasteiger partial charge in [0.1, 0.15) is 0 Å². The third kappa shape index (κ3) is 2.75. The van der Waals surface area contributed by atoms with Crippen molar-refractivity contribution in [3.8, 4) is 0 Å². The highest BCUT2D eigenvalue weighted by molar-refractivity contribution is 7.99. The number of rotatable bonds is 4. The van der Waals surface area contributed by atoms with Gasteiger partial charge in [-0.25, -0.2) is 0 Å². The van der Waals surface area contributed by atoms with E-state index in [0.29, 0.717) is 6.04 Å². The lowest BCUT2D eigenvalue weighted by atomic mass is 9.97. The highest BCUT2D eigenvalue weighted by Gasteiger charge is 2.27. The summed E-state index contributed by atoms with van der Waals surface area (Å²) in [4.78, 5) is 0. The van der Waals surface area contributed by atoms with Gasteiger partial charge in [0.05, 0.1) is 6.20 Å². The van der Waals surface area contributed by atoms with Crippen molar-refractivity contribution in [3.05, 3.63) is 18.0 Å². The van der Waals surface area contributed by atoms with Gasteiger partial charge in [-0.15, -0.1) is 0 Å². The maximum atomic E-state index is 4.22. The van der Waals surface area contributed by atoms with E-state index >= 15 is 0 Å². The van der Waals surface area contributed by atoms with Crippen LogP contribution in [0.1, 0.15) is 12.5 Å². The highest BCUT2D eigenvalue weighted by atomic mass is 32.2. The van der Waals surface area contributed by atoms with Crippen molar-refractivity contribution < 1.29 is 0 Å². The van der Waals surface area contributed by atoms with Gasteiger partial charge in [-0.2, -0.15) is 16.9 Å². The van der Waals surface area contributed by atoms with Crippen molar-refractivity contribution in [2.75, 3.05) is 18.1 Å². The minimum atomic E-state index is 0.695. The summed E-state index contributed by atoms with van der Waals surface area (Å²) in [5.41, 5.74) is 1.37. The van der Waals surface area contributed by atoms with Crippen molar-refractivity contribution in [3.63, 3.8) is 0 Å². The maximum absolute atomic E-state index is 4.22. The second-order valence-corrected chi connectivity index (χ2v) is 5.26. The summed E-state index contributed by atoms with van der Waals surface area (Å²) in [7, 11) is 1.98. The van der Waals surface area contributed by atoms with Gasteiger partial charge < -0.3 is 5.32 Å². The molecule has 1 aromatic heterocycles. The molecule has 0 spiro atoms. The van der Waals surface area contributed by atoms with Crippen LogP contribution in [0, 0.1) is 5.92 Å². The van der Waals surface area contributed by atoms with Crippen LogP contribution in [-0.4, -0.2) is 33.9 Å². The number of aromatic nitrogens is 2. The van der Waals surface area contributed by atoms with E-state index in [1.165, 1.54) is 23.5 Å². The van der Waals surface area contributed by atoms with E-state index in [1.807, 2.05) is 17.9 Å². The quantitative estimate of drug-likeness (QED) is 0.838. The van der Waals surface area contributed by atoms with Crippen LogP contribution < -0.4 is 5.32 Å². The summed E-state index contributed by atoms with van der Waals surface area (Å²) in [5, 5.41) is 7.79. The molecular formula is C11H19N3S. The average Bonchev–Trinajstić information content (AvgIpc) is 2.78. The second-order valence-electron chi connectivity index (χ2n) is 4.19. The Bertz CT molecular complexity index is 311. The maximum Gasteiger partial charge on any atom is 0.0521 e. The molecule has 1 N–H and O–H groups in total. The predicted octanol–water partition coefficient (Wildman–Crippen LogP) is 1.30. The van der Waals surface area contributed by atoms with E-state index in [4.69, 9.17) is 0 Å². The molecule has 0 aromatic carbocycles. The minimum Gasteiger partial charge on any atom is -0.313 e. The van der Waals surface area contributed by atoms with Crippen LogP contribution >= 0.6 is 11.8 Å². The van der Waals surface area contributed by atoms with E-state index in [1.54, 1.807) is 0 Å². The first-order valence-corrected chi connectivity index (χ1v) is 6.73. The van der Waals surface area contributed by atoms with E-state index in [9.17, 15) is 0 Å². The first-order chi connectivity index (χ1) is 7.29. The summed E-state index contributed by atoms with van der Waals surface area (Å²) < 4.78 is 1.89. The molecule has 0 radical (unpaired) electrons. The minimum absolute atomic E-state index is 0.695. The monoisotopic (exact) mass is 225 g/mol. The molecule has 1 fully saturated rings. The molecule has 0 amide bonds. The van der Waals surface area contributed by atoms with Gasteiger partial charge in [-0.05, 0) is 30.2 Å². The molecule has 1 saturated heterocycles. The molecule has 4 heteroatoms. The van der Waals surface area contributed by atoms with Gasteiger partial charge in [0.2, 0.25) is 0 Å². The molecule has 1 aliphatic heterocycles. The molecule has 2 heterocycles. The number of hydrogen-bond acceptors (Lipinski definition) is 3. The van der Waals surface area contributed by atoms with Crippen molar-refractivity contribution >= 4 is 11.8 Å². The third-order valence-electron chi connectivity index (χ3n) is 2.92. The lowest BCUT2D eigenvalue weighted by Gasteiger charge is -2.18. The zero-order valence-electron chi connectivity index (χ0n) is 9.44. The fraction of sp³-hybridized carbons (Fsp3) is 0.727. The molecule has 2 unspecified atom stereocenters. The SMILES string of the molecule is CCNC1CSCC1Cc1cnn(C)c1. The molecule has 1 aromatic rings. The number of aryl methyl sites for hydroxylation is 1. The molecule has 15 heavy (non-hydrogen) atoms. The topological polar surface area (TPSA) is 29.9 Å². The van der Waals surface area contributed by atoms with Crippen LogP contribution in [0.15, 0.2) is 12.4 Å². The Kier molecular flexibility index (Phi) is 3.70. The van der Waals surface area contributed by atoms with E-state index in [0.717, 1.165) is 12.5 Å². The smallest absolute Gasteiger partial charge is 0.0521 e. The summed E-state index contributed by atoms with van der Waals surface area (Å²) in [6, 6.07) is 0.695. The number of thioether (sulfide) groups is 1. The molecule has 0 aliphatic carbocycles. The van der Waals surface area contributed by atoms with Crippen LogP contribution in [0.2, 0.25) is 0 Å². The average molecular weight is 225 g/mol. The van der Waals surface area contributed by atoms with Gasteiger partial charge in [0.15, 0.2) is 0 Å². The van der Waals surface area contributed by atoms with Gasteiger partial charge in [0, 0.05) is 25.0 Å². The van der Waals surface area contributed by atoms with Crippen LogP contribution in [0.5, 0.6) is 0 Å². The van der Waals surface area contributed by atoms with Crippen molar-refractivity contribution in [2.24, 2.45) is 13.0 Å². The third-order valence-corrected chi connectivity index (χ3v) is 4.18. The van der Waals surface area contributed by atoms with Crippen LogP contribution in [0.4, 0.5) is 0 Å². The summed E-state index contributed by atoms with van der Waals surface area (Å²) in [6.07, 6.45) is 5.29. The standard InChI is InChI=1S/C11H19N3S/c1-3-12-11-8-15-7-10(11)4-9-5-13-14(2)6-9/h5-6,10-12H,3-4,7-8H2,1-2H3. The summed E-state index contributed by atoms with van der Waals surface area (Å²) in [6.45, 7) is 3.26. The fourth-order valence-electron chi connectivity index (χ4n) is 2.17. The van der Waals surface area contributed by atoms with Gasteiger partial charge in [-0.3, -0.25) is 4.68 Å². The number of nitrogens with zero attached hydrogens (tertiary/aromatic N) is 2. The lowest BCUT2D eigenvalue weighted by molar-refractivity contribution is 0.434. The van der Waals surface area contributed by atoms with Crippen molar-refractivity contribution in [2.45, 2.75) is 19.4 Å². The Morgan fingerprint density at radius 2 is 2.47 bits per heavy atom. The zero-order chi connectivity index (χ0) is 10.7. The number of hydrogen-bond donors (Lipinski definition) is 1. The summed E-state index contributed by atoms with van der Waals surface area (Å²) >= 11 is 2.07. The van der Waals surface area contributed by atoms with E-state index in [2.05, 4.69) is 35.3 Å². The van der Waals surface area contributed by atoms with Crippen molar-refractivity contribution in [1.82, 2.24) is 15.1 Å². The molecule has 3 nitrogen and oxygen atoms in total. The first-order valence-electron chi connectivity index (χ1n) is 5.58. The second kappa shape index (κ2) is 5.03. The fourth-order valence-corrected chi connectivity index (χ4v) is 3.60. The number of nitrogens with one attached hydrogen (secondary N) is 1. The van der Waals surface area contributed by atoms with Crippen LogP contribution in [0.3, 0.4) is 0 Å². The summed E-state index contributed by atoms with van der Waals surface area (Å²) in [5.74, 6) is 3.32. The molecule has 2 rings (SSSR count).